The zero-order valence-electron chi connectivity index (χ0n) is 33.0. The smallest absolute Gasteiger partial charge is 0.238 e. The van der Waals surface area contributed by atoms with Crippen LogP contribution in [-0.4, -0.2) is 24.1 Å². The first-order chi connectivity index (χ1) is 30.7. The lowest BCUT2D eigenvalue weighted by molar-refractivity contribution is 0.666. The van der Waals surface area contributed by atoms with Crippen molar-refractivity contribution in [3.63, 3.8) is 0 Å². The third-order valence-electron chi connectivity index (χ3n) is 12.5. The molecule has 9 aromatic carbocycles. The Morgan fingerprint density at radius 1 is 0.323 bits per heavy atom. The molecule has 0 saturated heterocycles. The van der Waals surface area contributed by atoms with Crippen LogP contribution in [0.5, 0.6) is 0 Å². The molecule has 0 N–H and O–H groups in total. The molecular weight excluding hydrogens is 763 g/mol. The van der Waals surface area contributed by atoms with Gasteiger partial charge in [-0.15, -0.1) is 0 Å². The summed E-state index contributed by atoms with van der Waals surface area (Å²) in [5, 5.41) is 11.1. The molecule has 14 rings (SSSR count). The molecule has 0 fully saturated rings. The average molecular weight is 794 g/mol. The summed E-state index contributed by atoms with van der Waals surface area (Å²) in [5.41, 5.74) is 9.98. The quantitative estimate of drug-likeness (QED) is 0.177. The second kappa shape index (κ2) is 12.5. The van der Waals surface area contributed by atoms with Crippen molar-refractivity contribution in [1.29, 1.82) is 0 Å². The average Bonchev–Trinajstić information content (AvgIpc) is 4.08. The van der Waals surface area contributed by atoms with E-state index in [-0.39, 0.29) is 0 Å². The molecule has 0 aliphatic rings. The molecule has 0 aliphatic carbocycles. The molecule has 5 aromatic heterocycles. The summed E-state index contributed by atoms with van der Waals surface area (Å²) >= 11 is 0. The Bertz CT molecular complexity index is 4130. The predicted molar refractivity (Wildman–Crippen MR) is 251 cm³/mol. The number of benzene rings is 9. The fourth-order valence-corrected chi connectivity index (χ4v) is 9.74. The van der Waals surface area contributed by atoms with Crippen LogP contribution in [0.4, 0.5) is 0 Å². The summed E-state index contributed by atoms with van der Waals surface area (Å²) in [7, 11) is 0. The molecule has 0 amide bonds. The predicted octanol–water partition coefficient (Wildman–Crippen LogP) is 14.4. The number of furan rings is 2. The highest BCUT2D eigenvalue weighted by Crippen LogP contribution is 2.42. The first-order valence-electron chi connectivity index (χ1n) is 20.8. The van der Waals surface area contributed by atoms with Gasteiger partial charge in [-0.1, -0.05) is 121 Å². The lowest BCUT2D eigenvalue weighted by atomic mass is 10.1. The number of fused-ring (bicyclic) bond motifs is 13. The zero-order chi connectivity index (χ0) is 40.5. The first-order valence-corrected chi connectivity index (χ1v) is 20.8. The van der Waals surface area contributed by atoms with Crippen LogP contribution in [0.1, 0.15) is 0 Å². The zero-order valence-corrected chi connectivity index (χ0v) is 33.0. The van der Waals surface area contributed by atoms with E-state index in [4.69, 9.17) is 23.8 Å². The van der Waals surface area contributed by atoms with Crippen LogP contribution >= 0.6 is 0 Å². The Morgan fingerprint density at radius 3 is 1.56 bits per heavy atom. The van der Waals surface area contributed by atoms with E-state index in [2.05, 4.69) is 161 Å². The van der Waals surface area contributed by atoms with Gasteiger partial charge in [0.15, 0.2) is 17.2 Å². The van der Waals surface area contributed by atoms with E-state index in [1.165, 1.54) is 21.5 Å². The standard InChI is InChI=1S/C55H31N5O2/c1-2-14-33-29-47-42(27-32(33)13-1)38-17-5-8-20-44(38)59(47)48-30-35(28-43-40-19-7-12-24-50(40)62-52(43)48)54-56-53(34-25-26-41-39-18-6-11-23-49(39)61-51(41)31-34)57-55(58-54)60-45-21-9-3-15-36(45)37-16-4-10-22-46(37)60/h1-31H. The van der Waals surface area contributed by atoms with E-state index in [1.807, 2.05) is 36.4 Å². The summed E-state index contributed by atoms with van der Waals surface area (Å²) < 4.78 is 17.7. The van der Waals surface area contributed by atoms with Crippen molar-refractivity contribution in [3.8, 4) is 34.4 Å². The lowest BCUT2D eigenvalue weighted by Crippen LogP contribution is -2.06. The van der Waals surface area contributed by atoms with E-state index < -0.39 is 0 Å². The van der Waals surface area contributed by atoms with Gasteiger partial charge in [0.05, 0.1) is 27.8 Å². The highest BCUT2D eigenvalue weighted by Gasteiger charge is 2.23. The summed E-state index contributed by atoms with van der Waals surface area (Å²) in [6.45, 7) is 0. The molecule has 0 aliphatic heterocycles. The van der Waals surface area contributed by atoms with Crippen molar-refractivity contribution in [2.24, 2.45) is 0 Å². The molecule has 62 heavy (non-hydrogen) atoms. The highest BCUT2D eigenvalue weighted by atomic mass is 16.3. The van der Waals surface area contributed by atoms with Crippen LogP contribution in [0.15, 0.2) is 197 Å². The second-order valence-electron chi connectivity index (χ2n) is 16.0. The number of rotatable bonds is 4. The van der Waals surface area contributed by atoms with Crippen LogP contribution in [0, 0.1) is 0 Å². The fraction of sp³-hybridized carbons (Fsp3) is 0. The minimum atomic E-state index is 0.522. The van der Waals surface area contributed by atoms with Gasteiger partial charge < -0.3 is 13.4 Å². The first kappa shape index (κ1) is 33.3. The third kappa shape index (κ3) is 4.73. The van der Waals surface area contributed by atoms with Crippen molar-refractivity contribution in [2.75, 3.05) is 0 Å². The largest absolute Gasteiger partial charge is 0.456 e. The van der Waals surface area contributed by atoms with Gasteiger partial charge in [0.2, 0.25) is 5.95 Å². The molecule has 14 aromatic rings. The normalized spacial score (nSPS) is 12.2. The molecule has 7 heteroatoms. The maximum absolute atomic E-state index is 6.83. The van der Waals surface area contributed by atoms with Gasteiger partial charge in [-0.2, -0.15) is 9.97 Å². The summed E-state index contributed by atoms with van der Waals surface area (Å²) in [6.07, 6.45) is 0. The highest BCUT2D eigenvalue weighted by molar-refractivity contribution is 6.16. The summed E-state index contributed by atoms with van der Waals surface area (Å²) in [6, 6.07) is 65.6. The lowest BCUT2D eigenvalue weighted by Gasteiger charge is -2.13. The molecule has 5 heterocycles. The van der Waals surface area contributed by atoms with Gasteiger partial charge in [-0.05, 0) is 77.5 Å². The van der Waals surface area contributed by atoms with Gasteiger partial charge in [-0.25, -0.2) is 4.98 Å². The minimum absolute atomic E-state index is 0.522. The molecule has 0 unspecified atom stereocenters. The Hall–Kier alpha value is -8.55. The van der Waals surface area contributed by atoms with Crippen molar-refractivity contribution < 1.29 is 8.83 Å². The van der Waals surface area contributed by atoms with Crippen LogP contribution in [0.25, 0.3) is 133 Å². The SMILES string of the molecule is c1ccc2cc3c(cc2c1)c1ccccc1n3-c1cc(-c2nc(-c3ccc4c(c3)oc3ccccc34)nc(-n3c4ccccc4c4ccccc43)n2)cc2c1oc1ccccc12. The Morgan fingerprint density at radius 2 is 0.855 bits per heavy atom. The topological polar surface area (TPSA) is 74.8 Å². The van der Waals surface area contributed by atoms with Gasteiger partial charge in [0, 0.05) is 54.2 Å². The Balaban J connectivity index is 1.09. The maximum atomic E-state index is 6.83. The summed E-state index contributed by atoms with van der Waals surface area (Å²) in [4.78, 5) is 16.0. The minimum Gasteiger partial charge on any atom is -0.456 e. The summed E-state index contributed by atoms with van der Waals surface area (Å²) in [5.74, 6) is 1.60. The van der Waals surface area contributed by atoms with Crippen molar-refractivity contribution >= 4 is 98.3 Å². The number of nitrogens with zero attached hydrogens (tertiary/aromatic N) is 5. The Kier molecular flexibility index (Phi) is 6.71. The second-order valence-corrected chi connectivity index (χ2v) is 16.0. The van der Waals surface area contributed by atoms with Gasteiger partial charge in [-0.3, -0.25) is 4.57 Å². The molecule has 0 atom stereocenters. The van der Waals surface area contributed by atoms with E-state index in [1.54, 1.807) is 0 Å². The van der Waals surface area contributed by atoms with E-state index in [9.17, 15) is 0 Å². The molecule has 0 radical (unpaired) electrons. The fourth-order valence-electron chi connectivity index (χ4n) is 9.74. The molecule has 288 valence electrons. The van der Waals surface area contributed by atoms with E-state index in [0.29, 0.717) is 17.6 Å². The van der Waals surface area contributed by atoms with Crippen molar-refractivity contribution in [2.45, 2.75) is 0 Å². The van der Waals surface area contributed by atoms with Gasteiger partial charge in [0.25, 0.3) is 0 Å². The number of hydrogen-bond acceptors (Lipinski definition) is 5. The number of para-hydroxylation sites is 5. The molecule has 0 saturated carbocycles. The molecule has 0 spiro atoms. The van der Waals surface area contributed by atoms with Crippen LogP contribution in [0.2, 0.25) is 0 Å². The van der Waals surface area contributed by atoms with E-state index in [0.717, 1.165) is 93.5 Å². The number of hydrogen-bond donors (Lipinski definition) is 0. The third-order valence-corrected chi connectivity index (χ3v) is 12.5. The van der Waals surface area contributed by atoms with Crippen LogP contribution in [0.3, 0.4) is 0 Å². The molecular formula is C55H31N5O2. The molecule has 7 nitrogen and oxygen atoms in total. The van der Waals surface area contributed by atoms with Gasteiger partial charge >= 0.3 is 0 Å². The van der Waals surface area contributed by atoms with Crippen LogP contribution in [-0.2, 0) is 0 Å². The van der Waals surface area contributed by atoms with Crippen molar-refractivity contribution in [3.05, 3.63) is 188 Å². The van der Waals surface area contributed by atoms with Crippen molar-refractivity contribution in [1.82, 2.24) is 24.1 Å². The Labute approximate surface area is 352 Å². The van der Waals surface area contributed by atoms with Crippen LogP contribution < -0.4 is 0 Å². The van der Waals surface area contributed by atoms with E-state index >= 15 is 0 Å². The molecule has 0 bridgehead atoms. The van der Waals surface area contributed by atoms with Gasteiger partial charge in [0.1, 0.15) is 16.7 Å². The monoisotopic (exact) mass is 793 g/mol. The number of aromatic nitrogens is 5. The maximum Gasteiger partial charge on any atom is 0.238 e.